The van der Waals surface area contributed by atoms with Crippen LogP contribution >= 0.6 is 22.9 Å². The summed E-state index contributed by atoms with van der Waals surface area (Å²) in [6.07, 6.45) is 2.59. The quantitative estimate of drug-likeness (QED) is 0.265. The lowest BCUT2D eigenvalue weighted by atomic mass is 9.95. The molecule has 2 aromatic carbocycles. The van der Waals surface area contributed by atoms with Crippen LogP contribution in [0.25, 0.3) is 32.1 Å². The SMILES string of the molecule is N#Cc1c(N)sc2c(F)ccc(-c3c(Cl)c4c5c(nc(OC[C@@]67CCCN6C[C@H](F)C7)nc5c3F)N(C3CCCC3O)CCO4)c12. The van der Waals surface area contributed by atoms with Gasteiger partial charge in [0.2, 0.25) is 0 Å². The lowest BCUT2D eigenvalue weighted by molar-refractivity contribution is 0.107. The Morgan fingerprint density at radius 1 is 1.22 bits per heavy atom. The van der Waals surface area contributed by atoms with Crippen LogP contribution in [0.3, 0.4) is 0 Å². The first-order valence-electron chi connectivity index (χ1n) is 15.4. The molecule has 4 aliphatic rings. The second-order valence-corrected chi connectivity index (χ2v) is 14.0. The summed E-state index contributed by atoms with van der Waals surface area (Å²) >= 11 is 7.88. The van der Waals surface area contributed by atoms with Gasteiger partial charge in [0.05, 0.1) is 44.9 Å². The Kier molecular flexibility index (Phi) is 7.13. The Morgan fingerprint density at radius 3 is 2.85 bits per heavy atom. The monoisotopic (exact) mass is 670 g/mol. The maximum atomic E-state index is 17.1. The van der Waals surface area contributed by atoms with Crippen LogP contribution in [0.4, 0.5) is 24.0 Å². The summed E-state index contributed by atoms with van der Waals surface area (Å²) < 4.78 is 59.0. The van der Waals surface area contributed by atoms with Gasteiger partial charge in [-0.2, -0.15) is 15.2 Å². The van der Waals surface area contributed by atoms with E-state index in [1.807, 2.05) is 11.0 Å². The summed E-state index contributed by atoms with van der Waals surface area (Å²) in [7, 11) is 0. The van der Waals surface area contributed by atoms with Gasteiger partial charge in [0, 0.05) is 23.9 Å². The largest absolute Gasteiger partial charge is 0.489 e. The van der Waals surface area contributed by atoms with Crippen molar-refractivity contribution in [3.63, 3.8) is 0 Å². The van der Waals surface area contributed by atoms with Gasteiger partial charge in [-0.25, -0.2) is 13.2 Å². The minimum Gasteiger partial charge on any atom is -0.489 e. The van der Waals surface area contributed by atoms with Gasteiger partial charge >= 0.3 is 6.01 Å². The number of aliphatic hydroxyl groups is 1. The molecular formula is C32H30ClF3N6O3S. The maximum Gasteiger partial charge on any atom is 0.319 e. The molecule has 2 unspecified atom stereocenters. The minimum absolute atomic E-state index is 0.0220. The van der Waals surface area contributed by atoms with Crippen LogP contribution in [-0.4, -0.2) is 76.7 Å². The fraction of sp³-hybridized carbons (Fsp3) is 0.469. The average Bonchev–Trinajstić information content (AvgIpc) is 3.76. The highest BCUT2D eigenvalue weighted by molar-refractivity contribution is 7.23. The number of nitrogen functional groups attached to an aromatic ring is 1. The molecule has 3 aliphatic heterocycles. The summed E-state index contributed by atoms with van der Waals surface area (Å²) in [6.45, 7) is 1.74. The molecule has 5 heterocycles. The Balaban J connectivity index is 1.35. The lowest BCUT2D eigenvalue weighted by Crippen LogP contribution is -2.44. The summed E-state index contributed by atoms with van der Waals surface area (Å²) in [5.74, 6) is -0.970. The highest BCUT2D eigenvalue weighted by atomic mass is 35.5. The molecular weight excluding hydrogens is 641 g/mol. The number of hydrogen-bond donors (Lipinski definition) is 2. The van der Waals surface area contributed by atoms with E-state index in [1.165, 1.54) is 12.1 Å². The van der Waals surface area contributed by atoms with Crippen LogP contribution < -0.4 is 20.1 Å². The molecule has 3 fully saturated rings. The summed E-state index contributed by atoms with van der Waals surface area (Å²) in [5.41, 5.74) is 5.52. The van der Waals surface area contributed by atoms with E-state index >= 15 is 4.39 Å². The molecule has 4 atom stereocenters. The van der Waals surface area contributed by atoms with Crippen LogP contribution in [0.5, 0.6) is 11.8 Å². The molecule has 1 saturated carbocycles. The molecule has 4 aromatic rings. The van der Waals surface area contributed by atoms with Gasteiger partial charge in [-0.15, -0.1) is 11.3 Å². The van der Waals surface area contributed by atoms with Crippen LogP contribution in [0.1, 0.15) is 44.1 Å². The third kappa shape index (κ3) is 4.41. The summed E-state index contributed by atoms with van der Waals surface area (Å²) in [6, 6.07) is 4.18. The number of anilines is 2. The molecule has 1 aliphatic carbocycles. The molecule has 3 N–H and O–H groups in total. The van der Waals surface area contributed by atoms with Crippen molar-refractivity contribution in [3.8, 4) is 29.0 Å². The topological polar surface area (TPSA) is 121 Å². The number of ether oxygens (including phenoxy) is 2. The molecule has 0 bridgehead atoms. The van der Waals surface area contributed by atoms with E-state index in [0.29, 0.717) is 38.2 Å². The normalized spacial score (nSPS) is 26.0. The van der Waals surface area contributed by atoms with Gasteiger partial charge < -0.3 is 25.2 Å². The van der Waals surface area contributed by atoms with Crippen molar-refractivity contribution in [2.24, 2.45) is 0 Å². The highest BCUT2D eigenvalue weighted by Gasteiger charge is 2.49. The molecule has 0 amide bonds. The van der Waals surface area contributed by atoms with Gasteiger partial charge in [-0.05, 0) is 50.3 Å². The van der Waals surface area contributed by atoms with Gasteiger partial charge in [0.25, 0.3) is 0 Å². The Hall–Kier alpha value is -3.57. The van der Waals surface area contributed by atoms with E-state index < -0.39 is 29.4 Å². The standard InChI is InChI=1S/C32H30ClF3N6O3S/c33-24-22(16-5-6-18(35)28-21(16)17(12-37)29(38)46-28)25(36)26-23-27(24)44-10-9-42(19-3-1-4-20(19)43)30(23)40-31(39-26)45-14-32-7-2-8-41(32)13-15(34)11-32/h5-6,15,19-20,43H,1-4,7-11,13-14,38H2/t15-,19?,20?,32+/m1/s1. The van der Waals surface area contributed by atoms with Gasteiger partial charge in [0.15, 0.2) is 11.6 Å². The molecule has 0 radical (unpaired) electrons. The molecule has 14 heteroatoms. The number of hydrogen-bond acceptors (Lipinski definition) is 10. The van der Waals surface area contributed by atoms with Crippen molar-refractivity contribution < 1.29 is 27.8 Å². The van der Waals surface area contributed by atoms with E-state index in [9.17, 15) is 19.1 Å². The second kappa shape index (κ2) is 11.0. The number of thiophene rings is 1. The zero-order chi connectivity index (χ0) is 31.9. The Labute approximate surface area is 271 Å². The molecule has 240 valence electrons. The predicted octanol–water partition coefficient (Wildman–Crippen LogP) is 5.96. The molecule has 8 rings (SSSR count). The Morgan fingerprint density at radius 2 is 2.07 bits per heavy atom. The average molecular weight is 671 g/mol. The maximum absolute atomic E-state index is 17.1. The molecule has 2 aromatic heterocycles. The summed E-state index contributed by atoms with van der Waals surface area (Å²) in [5, 5.41) is 21.2. The number of rotatable bonds is 5. The first-order chi connectivity index (χ1) is 22.2. The number of benzene rings is 2. The first-order valence-corrected chi connectivity index (χ1v) is 16.6. The van der Waals surface area contributed by atoms with Gasteiger partial charge in [0.1, 0.15) is 47.6 Å². The number of halogens is 4. The van der Waals surface area contributed by atoms with Crippen molar-refractivity contribution in [1.82, 2.24) is 14.9 Å². The van der Waals surface area contributed by atoms with Crippen molar-refractivity contribution in [3.05, 3.63) is 34.4 Å². The van der Waals surface area contributed by atoms with Crippen molar-refractivity contribution in [1.29, 1.82) is 5.26 Å². The number of nitriles is 1. The van der Waals surface area contributed by atoms with Gasteiger partial charge in [-0.3, -0.25) is 4.90 Å². The third-order valence-corrected chi connectivity index (χ3v) is 11.5. The van der Waals surface area contributed by atoms with Crippen molar-refractivity contribution >= 4 is 54.7 Å². The molecule has 0 spiro atoms. The molecule has 9 nitrogen and oxygen atoms in total. The number of nitrogens with zero attached hydrogens (tertiary/aromatic N) is 5. The number of nitrogens with two attached hydrogens (primary N) is 1. The smallest absolute Gasteiger partial charge is 0.319 e. The number of aromatic nitrogens is 2. The summed E-state index contributed by atoms with van der Waals surface area (Å²) in [4.78, 5) is 13.4. The third-order valence-electron chi connectivity index (χ3n) is 10.1. The predicted molar refractivity (Wildman–Crippen MR) is 169 cm³/mol. The van der Waals surface area contributed by atoms with Crippen molar-refractivity contribution in [2.75, 3.05) is 43.5 Å². The van der Waals surface area contributed by atoms with Crippen molar-refractivity contribution in [2.45, 2.75) is 62.4 Å². The molecule has 2 saturated heterocycles. The van der Waals surface area contributed by atoms with E-state index in [-0.39, 0.29) is 78.7 Å². The van der Waals surface area contributed by atoms with Crippen LogP contribution in [-0.2, 0) is 0 Å². The van der Waals surface area contributed by atoms with Crippen LogP contribution in [0.2, 0.25) is 5.02 Å². The van der Waals surface area contributed by atoms with E-state index in [2.05, 4.69) is 9.88 Å². The number of alkyl halides is 1. The van der Waals surface area contributed by atoms with E-state index in [1.54, 1.807) is 0 Å². The highest BCUT2D eigenvalue weighted by Crippen LogP contribution is 2.51. The van der Waals surface area contributed by atoms with E-state index in [4.69, 9.17) is 31.8 Å². The van der Waals surface area contributed by atoms with E-state index in [0.717, 1.165) is 37.1 Å². The fourth-order valence-electron chi connectivity index (χ4n) is 7.99. The van der Waals surface area contributed by atoms with Crippen LogP contribution in [0.15, 0.2) is 12.1 Å². The zero-order valence-corrected chi connectivity index (χ0v) is 26.2. The molecule has 46 heavy (non-hydrogen) atoms. The number of aliphatic hydroxyl groups excluding tert-OH is 1. The fourth-order valence-corrected chi connectivity index (χ4v) is 9.28. The lowest BCUT2D eigenvalue weighted by Gasteiger charge is -2.32. The van der Waals surface area contributed by atoms with Crippen LogP contribution in [0, 0.1) is 23.0 Å². The Bertz CT molecular complexity index is 1950. The first kappa shape index (κ1) is 29.8. The second-order valence-electron chi connectivity index (χ2n) is 12.6. The zero-order valence-electron chi connectivity index (χ0n) is 24.7. The number of fused-ring (bicyclic) bond motifs is 2. The van der Waals surface area contributed by atoms with Gasteiger partial charge in [-0.1, -0.05) is 17.7 Å². The minimum atomic E-state index is -0.954.